The van der Waals surface area contributed by atoms with Crippen LogP contribution < -0.4 is 5.32 Å². The van der Waals surface area contributed by atoms with Gasteiger partial charge >= 0.3 is 5.97 Å². The molecule has 0 atom stereocenters. The number of imidazole rings is 1. The van der Waals surface area contributed by atoms with Gasteiger partial charge in [-0.15, -0.1) is 0 Å². The van der Waals surface area contributed by atoms with Gasteiger partial charge in [0.1, 0.15) is 11.4 Å². The molecule has 1 saturated carbocycles. The van der Waals surface area contributed by atoms with Gasteiger partial charge in [-0.1, -0.05) is 26.7 Å². The first-order chi connectivity index (χ1) is 15.2. The minimum absolute atomic E-state index is 0.167. The van der Waals surface area contributed by atoms with E-state index in [2.05, 4.69) is 10.3 Å². The zero-order chi connectivity index (χ0) is 23.5. The van der Waals surface area contributed by atoms with Crippen LogP contribution in [0.1, 0.15) is 51.8 Å². The highest BCUT2D eigenvalue weighted by Gasteiger charge is 2.43. The lowest BCUT2D eigenvalue weighted by atomic mass is 9.97. The molecule has 1 fully saturated rings. The van der Waals surface area contributed by atoms with E-state index in [4.69, 9.17) is 4.74 Å². The molecule has 1 N–H and O–H groups in total. The monoisotopic (exact) mass is 464 g/mol. The van der Waals surface area contributed by atoms with Crippen molar-refractivity contribution < 1.29 is 22.7 Å². The summed E-state index contributed by atoms with van der Waals surface area (Å²) in [7, 11) is -0.399. The summed E-state index contributed by atoms with van der Waals surface area (Å²) >= 11 is 0. The van der Waals surface area contributed by atoms with Crippen molar-refractivity contribution in [1.29, 1.82) is 0 Å². The quantitative estimate of drug-likeness (QED) is 0.569. The van der Waals surface area contributed by atoms with Crippen molar-refractivity contribution in [3.63, 3.8) is 0 Å². The van der Waals surface area contributed by atoms with Gasteiger partial charge < -0.3 is 14.6 Å². The summed E-state index contributed by atoms with van der Waals surface area (Å²) in [4.78, 5) is 29.6. The highest BCUT2D eigenvalue weighted by Crippen LogP contribution is 2.31. The minimum Gasteiger partial charge on any atom is -0.467 e. The number of ether oxygens (including phenoxy) is 1. The fourth-order valence-electron chi connectivity index (χ4n) is 4.43. The Bertz CT molecular complexity index is 1100. The summed E-state index contributed by atoms with van der Waals surface area (Å²) < 4.78 is 33.8. The van der Waals surface area contributed by atoms with Gasteiger partial charge in [-0.25, -0.2) is 18.2 Å². The number of hydrogen-bond acceptors (Lipinski definition) is 6. The van der Waals surface area contributed by atoms with Crippen LogP contribution in [0.2, 0.25) is 0 Å². The number of fused-ring (bicyclic) bond motifs is 1. The van der Waals surface area contributed by atoms with Gasteiger partial charge in [-0.3, -0.25) is 4.79 Å². The SMILES string of the molecule is CCN(CC)S(=O)(=O)c1ccc2c(c1)nc(CCC(=O)NC1(C(=O)OC)CCCC1)n2C. The van der Waals surface area contributed by atoms with Crippen LogP contribution in [0.3, 0.4) is 0 Å². The minimum atomic E-state index is -3.58. The fourth-order valence-corrected chi connectivity index (χ4v) is 5.91. The molecular formula is C22H32N4O5S. The Balaban J connectivity index is 1.76. The molecule has 32 heavy (non-hydrogen) atoms. The molecule has 0 spiro atoms. The van der Waals surface area contributed by atoms with E-state index in [1.165, 1.54) is 11.4 Å². The molecule has 2 aromatic rings. The average molecular weight is 465 g/mol. The van der Waals surface area contributed by atoms with E-state index in [1.807, 2.05) is 11.6 Å². The van der Waals surface area contributed by atoms with E-state index in [9.17, 15) is 18.0 Å². The molecule has 1 heterocycles. The maximum Gasteiger partial charge on any atom is 0.331 e. The Hall–Kier alpha value is -2.46. The Morgan fingerprint density at radius 3 is 2.47 bits per heavy atom. The number of amides is 1. The molecule has 9 nitrogen and oxygen atoms in total. The second-order valence-corrected chi connectivity index (χ2v) is 10.1. The first-order valence-corrected chi connectivity index (χ1v) is 12.5. The van der Waals surface area contributed by atoms with E-state index in [0.29, 0.717) is 43.7 Å². The number of nitrogens with one attached hydrogen (secondary N) is 1. The molecule has 0 radical (unpaired) electrons. The van der Waals surface area contributed by atoms with E-state index < -0.39 is 21.5 Å². The normalized spacial score (nSPS) is 15.9. The van der Waals surface area contributed by atoms with Crippen molar-refractivity contribution >= 4 is 32.9 Å². The Labute approximate surface area is 189 Å². The predicted octanol–water partition coefficient (Wildman–Crippen LogP) is 2.14. The van der Waals surface area contributed by atoms with Crippen LogP contribution in [-0.4, -0.2) is 59.9 Å². The van der Waals surface area contributed by atoms with Gasteiger partial charge in [0, 0.05) is 33.0 Å². The van der Waals surface area contributed by atoms with E-state index in [0.717, 1.165) is 18.4 Å². The molecule has 0 aliphatic heterocycles. The molecule has 1 aromatic heterocycles. The van der Waals surface area contributed by atoms with Crippen molar-refractivity contribution in [3.05, 3.63) is 24.0 Å². The standard InChI is InChI=1S/C22H32N4O5S/c1-5-26(6-2)32(29,30)16-9-10-18-17(15-16)23-19(25(18)3)11-12-20(27)24-22(21(28)31-4)13-7-8-14-22/h9-10,15H,5-8,11-14H2,1-4H3,(H,24,27). The van der Waals surface area contributed by atoms with E-state index >= 15 is 0 Å². The van der Waals surface area contributed by atoms with Gasteiger partial charge in [0.25, 0.3) is 0 Å². The molecular weight excluding hydrogens is 432 g/mol. The van der Waals surface area contributed by atoms with E-state index in [-0.39, 0.29) is 17.2 Å². The van der Waals surface area contributed by atoms with Crippen LogP contribution in [0.15, 0.2) is 23.1 Å². The topological polar surface area (TPSA) is 111 Å². The van der Waals surface area contributed by atoms with Crippen LogP contribution >= 0.6 is 0 Å². The lowest BCUT2D eigenvalue weighted by molar-refractivity contribution is -0.150. The fraction of sp³-hybridized carbons (Fsp3) is 0.591. The third kappa shape index (κ3) is 4.52. The number of sulfonamides is 1. The molecule has 0 unspecified atom stereocenters. The van der Waals surface area contributed by atoms with Crippen LogP contribution in [0.25, 0.3) is 11.0 Å². The lowest BCUT2D eigenvalue weighted by Gasteiger charge is -2.27. The Morgan fingerprint density at radius 1 is 1.22 bits per heavy atom. The summed E-state index contributed by atoms with van der Waals surface area (Å²) in [5.74, 6) is 0.0493. The number of aryl methyl sites for hydroxylation is 2. The third-order valence-electron chi connectivity index (χ3n) is 6.28. The number of aromatic nitrogens is 2. The van der Waals surface area contributed by atoms with Gasteiger partial charge in [0.15, 0.2) is 0 Å². The molecule has 3 rings (SSSR count). The Morgan fingerprint density at radius 2 is 1.88 bits per heavy atom. The number of nitrogens with zero attached hydrogens (tertiary/aromatic N) is 3. The van der Waals surface area contributed by atoms with Crippen LogP contribution in [0, 0.1) is 0 Å². The number of carbonyl (C=O) groups excluding carboxylic acids is 2. The van der Waals surface area contributed by atoms with Crippen LogP contribution in [0.4, 0.5) is 0 Å². The highest BCUT2D eigenvalue weighted by molar-refractivity contribution is 7.89. The maximum absolute atomic E-state index is 12.8. The molecule has 10 heteroatoms. The van der Waals surface area contributed by atoms with Crippen molar-refractivity contribution in [2.45, 2.75) is 62.8 Å². The van der Waals surface area contributed by atoms with Gasteiger partial charge in [-0.05, 0) is 31.0 Å². The molecule has 0 saturated heterocycles. The summed E-state index contributed by atoms with van der Waals surface area (Å²) in [6.45, 7) is 4.40. The maximum atomic E-state index is 12.8. The number of benzene rings is 1. The molecule has 176 valence electrons. The van der Waals surface area contributed by atoms with Crippen molar-refractivity contribution in [3.8, 4) is 0 Å². The zero-order valence-corrected chi connectivity index (χ0v) is 20.0. The average Bonchev–Trinajstić information content (AvgIpc) is 3.37. The molecule has 1 aromatic carbocycles. The van der Waals surface area contributed by atoms with Gasteiger partial charge in [0.05, 0.1) is 23.0 Å². The third-order valence-corrected chi connectivity index (χ3v) is 8.32. The second kappa shape index (κ2) is 9.58. The first kappa shape index (κ1) is 24.2. The predicted molar refractivity (Wildman–Crippen MR) is 120 cm³/mol. The van der Waals surface area contributed by atoms with Gasteiger partial charge in [0.2, 0.25) is 15.9 Å². The van der Waals surface area contributed by atoms with Crippen LogP contribution in [-0.2, 0) is 37.8 Å². The van der Waals surface area contributed by atoms with Crippen LogP contribution in [0.5, 0.6) is 0 Å². The smallest absolute Gasteiger partial charge is 0.331 e. The van der Waals surface area contributed by atoms with Gasteiger partial charge in [-0.2, -0.15) is 4.31 Å². The zero-order valence-electron chi connectivity index (χ0n) is 19.2. The molecule has 0 bridgehead atoms. The molecule has 1 aliphatic rings. The summed E-state index contributed by atoms with van der Waals surface area (Å²) in [5.41, 5.74) is 0.435. The summed E-state index contributed by atoms with van der Waals surface area (Å²) in [6, 6.07) is 4.92. The van der Waals surface area contributed by atoms with Crippen molar-refractivity contribution in [2.24, 2.45) is 7.05 Å². The lowest BCUT2D eigenvalue weighted by Crippen LogP contribution is -2.53. The van der Waals surface area contributed by atoms with Crippen molar-refractivity contribution in [2.75, 3.05) is 20.2 Å². The number of carbonyl (C=O) groups is 2. The Kier molecular flexibility index (Phi) is 7.24. The largest absolute Gasteiger partial charge is 0.467 e. The van der Waals surface area contributed by atoms with E-state index in [1.54, 1.807) is 32.0 Å². The summed E-state index contributed by atoms with van der Waals surface area (Å²) in [5, 5.41) is 2.89. The number of hydrogen-bond donors (Lipinski definition) is 1. The molecule has 1 amide bonds. The number of esters is 1. The highest BCUT2D eigenvalue weighted by atomic mass is 32.2. The number of methoxy groups -OCH3 is 1. The number of rotatable bonds is 9. The summed E-state index contributed by atoms with van der Waals surface area (Å²) in [6.07, 6.45) is 3.45. The first-order valence-electron chi connectivity index (χ1n) is 11.0. The van der Waals surface area contributed by atoms with Crippen molar-refractivity contribution in [1.82, 2.24) is 19.2 Å². The second-order valence-electron chi connectivity index (χ2n) is 8.16. The molecule has 1 aliphatic carbocycles.